The Morgan fingerprint density at radius 1 is 1.20 bits per heavy atom. The van der Waals surface area contributed by atoms with Crippen molar-refractivity contribution in [2.45, 2.75) is 50.9 Å². The van der Waals surface area contributed by atoms with Gasteiger partial charge in [-0.3, -0.25) is 14.5 Å². The maximum Gasteiger partial charge on any atom is 0.305 e. The number of esters is 1. The van der Waals surface area contributed by atoms with E-state index in [-0.39, 0.29) is 29.8 Å². The summed E-state index contributed by atoms with van der Waals surface area (Å²) in [4.78, 5) is 26.4. The number of hydrogen-bond acceptors (Lipinski definition) is 6. The second-order valence-corrected chi connectivity index (χ2v) is 7.94. The zero-order chi connectivity index (χ0) is 21.2. The lowest BCUT2D eigenvalue weighted by Crippen LogP contribution is -2.49. The third-order valence-corrected chi connectivity index (χ3v) is 5.92. The first-order valence-corrected chi connectivity index (χ1v) is 10.9. The molecule has 1 aromatic carbocycles. The molecule has 0 amide bonds. The number of methoxy groups -OCH3 is 1. The first-order valence-electron chi connectivity index (χ1n) is 10.9. The number of hydrogen-bond donors (Lipinski definition) is 0. The third-order valence-electron chi connectivity index (χ3n) is 5.92. The SMILES string of the molecule is COC(=O)CCC/C=C\C[C@H]1[C@@H](OCc2ccccc2)CC(=O)[C@@H]1N1CCOCC1. The van der Waals surface area contributed by atoms with Crippen LogP contribution in [0, 0.1) is 5.92 Å². The summed E-state index contributed by atoms with van der Waals surface area (Å²) in [7, 11) is 1.41. The fraction of sp³-hybridized carbons (Fsp3) is 0.583. The molecular weight excluding hydrogens is 382 g/mol. The van der Waals surface area contributed by atoms with E-state index >= 15 is 0 Å². The monoisotopic (exact) mass is 415 g/mol. The van der Waals surface area contributed by atoms with Crippen LogP contribution in [-0.2, 0) is 30.4 Å². The summed E-state index contributed by atoms with van der Waals surface area (Å²) >= 11 is 0. The Morgan fingerprint density at radius 2 is 1.97 bits per heavy atom. The number of rotatable bonds is 10. The molecule has 0 bridgehead atoms. The topological polar surface area (TPSA) is 65.1 Å². The summed E-state index contributed by atoms with van der Waals surface area (Å²) in [6, 6.07) is 9.99. The van der Waals surface area contributed by atoms with Crippen molar-refractivity contribution in [1.82, 2.24) is 4.90 Å². The van der Waals surface area contributed by atoms with E-state index in [0.717, 1.165) is 37.9 Å². The molecule has 6 nitrogen and oxygen atoms in total. The number of unbranched alkanes of at least 4 members (excludes halogenated alkanes) is 1. The Morgan fingerprint density at radius 3 is 2.70 bits per heavy atom. The Hall–Kier alpha value is -2.02. The highest BCUT2D eigenvalue weighted by Gasteiger charge is 2.45. The van der Waals surface area contributed by atoms with Crippen molar-refractivity contribution in [3.63, 3.8) is 0 Å². The molecule has 1 aromatic rings. The molecule has 1 aliphatic carbocycles. The fourth-order valence-corrected chi connectivity index (χ4v) is 4.32. The van der Waals surface area contributed by atoms with Crippen LogP contribution >= 0.6 is 0 Å². The van der Waals surface area contributed by atoms with Crippen molar-refractivity contribution in [2.75, 3.05) is 33.4 Å². The molecule has 1 saturated heterocycles. The normalized spacial score (nSPS) is 25.1. The molecule has 0 unspecified atom stereocenters. The minimum absolute atomic E-state index is 0.0785. The zero-order valence-corrected chi connectivity index (χ0v) is 17.8. The van der Waals surface area contributed by atoms with Gasteiger partial charge in [0.15, 0.2) is 5.78 Å². The number of ether oxygens (including phenoxy) is 3. The van der Waals surface area contributed by atoms with Gasteiger partial charge < -0.3 is 14.2 Å². The van der Waals surface area contributed by atoms with Crippen molar-refractivity contribution >= 4 is 11.8 Å². The number of benzene rings is 1. The van der Waals surface area contributed by atoms with Gasteiger partial charge in [0.05, 0.1) is 39.1 Å². The second-order valence-electron chi connectivity index (χ2n) is 7.94. The highest BCUT2D eigenvalue weighted by molar-refractivity contribution is 5.87. The molecule has 0 radical (unpaired) electrons. The lowest BCUT2D eigenvalue weighted by molar-refractivity contribution is -0.140. The second kappa shape index (κ2) is 12.0. The van der Waals surface area contributed by atoms with Crippen molar-refractivity contribution < 1.29 is 23.8 Å². The lowest BCUT2D eigenvalue weighted by atomic mass is 9.95. The fourth-order valence-electron chi connectivity index (χ4n) is 4.32. The van der Waals surface area contributed by atoms with Crippen LogP contribution in [0.3, 0.4) is 0 Å². The van der Waals surface area contributed by atoms with E-state index in [9.17, 15) is 9.59 Å². The Bertz CT molecular complexity index is 699. The van der Waals surface area contributed by atoms with E-state index in [2.05, 4.69) is 21.8 Å². The molecule has 0 aromatic heterocycles. The third kappa shape index (κ3) is 6.49. The Kier molecular flexibility index (Phi) is 9.05. The molecule has 30 heavy (non-hydrogen) atoms. The van der Waals surface area contributed by atoms with Crippen LogP contribution in [0.2, 0.25) is 0 Å². The van der Waals surface area contributed by atoms with Gasteiger partial charge in [-0.2, -0.15) is 0 Å². The van der Waals surface area contributed by atoms with E-state index in [4.69, 9.17) is 9.47 Å². The van der Waals surface area contributed by atoms with Gasteiger partial charge in [0, 0.05) is 31.8 Å². The van der Waals surface area contributed by atoms with E-state index in [1.54, 1.807) is 0 Å². The highest BCUT2D eigenvalue weighted by atomic mass is 16.5. The van der Waals surface area contributed by atoms with Crippen molar-refractivity contribution in [3.8, 4) is 0 Å². The maximum atomic E-state index is 12.9. The van der Waals surface area contributed by atoms with Gasteiger partial charge >= 0.3 is 5.97 Å². The van der Waals surface area contributed by atoms with Gasteiger partial charge in [0.1, 0.15) is 0 Å². The van der Waals surface area contributed by atoms with Crippen molar-refractivity contribution in [2.24, 2.45) is 5.92 Å². The van der Waals surface area contributed by atoms with Crippen LogP contribution < -0.4 is 0 Å². The van der Waals surface area contributed by atoms with Crippen molar-refractivity contribution in [1.29, 1.82) is 0 Å². The zero-order valence-electron chi connectivity index (χ0n) is 17.8. The van der Waals surface area contributed by atoms with Crippen molar-refractivity contribution in [3.05, 3.63) is 48.0 Å². The smallest absolute Gasteiger partial charge is 0.305 e. The van der Waals surface area contributed by atoms with Gasteiger partial charge in [-0.25, -0.2) is 0 Å². The minimum atomic E-state index is -0.174. The quantitative estimate of drug-likeness (QED) is 0.332. The van der Waals surface area contributed by atoms with Gasteiger partial charge in [0.25, 0.3) is 0 Å². The van der Waals surface area contributed by atoms with Crippen LogP contribution in [0.15, 0.2) is 42.5 Å². The first kappa shape index (κ1) is 22.7. The molecule has 2 fully saturated rings. The standard InChI is InChI=1S/C24H33NO5/c1-28-23(27)12-8-3-2-7-11-20-22(30-18-19-9-5-4-6-10-19)17-21(26)24(20)25-13-15-29-16-14-25/h2,4-7,9-10,20,22,24H,3,8,11-18H2,1H3/b7-2-/t20-,22-,24+/m0/s1. The van der Waals surface area contributed by atoms with E-state index in [0.29, 0.717) is 32.7 Å². The van der Waals surface area contributed by atoms with Crippen LogP contribution in [0.25, 0.3) is 0 Å². The average molecular weight is 416 g/mol. The molecular formula is C24H33NO5. The Labute approximate surface area is 179 Å². The van der Waals surface area contributed by atoms with Gasteiger partial charge in [-0.15, -0.1) is 0 Å². The van der Waals surface area contributed by atoms with E-state index in [1.165, 1.54) is 7.11 Å². The average Bonchev–Trinajstić information content (AvgIpc) is 3.10. The lowest BCUT2D eigenvalue weighted by Gasteiger charge is -2.35. The molecule has 1 saturated carbocycles. The van der Waals surface area contributed by atoms with E-state index in [1.807, 2.05) is 30.3 Å². The number of nitrogens with zero attached hydrogens (tertiary/aromatic N) is 1. The van der Waals surface area contributed by atoms with Crippen LogP contribution in [0.1, 0.15) is 37.7 Å². The summed E-state index contributed by atoms with van der Waals surface area (Å²) in [6.07, 6.45) is 7.47. The highest BCUT2D eigenvalue weighted by Crippen LogP contribution is 2.34. The number of morpholine rings is 1. The molecule has 3 atom stereocenters. The molecule has 6 heteroatoms. The largest absolute Gasteiger partial charge is 0.469 e. The molecule has 3 rings (SSSR count). The van der Waals surface area contributed by atoms with Gasteiger partial charge in [-0.05, 0) is 24.8 Å². The summed E-state index contributed by atoms with van der Waals surface area (Å²) < 4.78 is 16.4. The number of ketones is 1. The number of carbonyl (C=O) groups is 2. The summed E-state index contributed by atoms with van der Waals surface area (Å²) in [6.45, 7) is 3.46. The Balaban J connectivity index is 1.60. The molecule has 0 N–H and O–H groups in total. The molecule has 164 valence electrons. The number of carbonyl (C=O) groups excluding carboxylic acids is 2. The minimum Gasteiger partial charge on any atom is -0.469 e. The van der Waals surface area contributed by atoms with E-state index < -0.39 is 0 Å². The first-order chi connectivity index (χ1) is 14.7. The van der Waals surface area contributed by atoms with Gasteiger partial charge in [-0.1, -0.05) is 42.5 Å². The number of allylic oxidation sites excluding steroid dienone is 2. The number of Topliss-reactive ketones (excluding diaryl/α,β-unsaturated/α-hetero) is 1. The summed E-state index contributed by atoms with van der Waals surface area (Å²) in [5.41, 5.74) is 1.12. The van der Waals surface area contributed by atoms with Crippen LogP contribution in [0.4, 0.5) is 0 Å². The predicted octanol–water partition coefficient (Wildman–Crippen LogP) is 3.15. The summed E-state index contributed by atoms with van der Waals surface area (Å²) in [5.74, 6) is 0.238. The predicted molar refractivity (Wildman–Crippen MR) is 114 cm³/mol. The molecule has 2 aliphatic rings. The molecule has 1 aliphatic heterocycles. The van der Waals surface area contributed by atoms with Gasteiger partial charge in [0.2, 0.25) is 0 Å². The molecule has 0 spiro atoms. The molecule has 1 heterocycles. The van der Waals surface area contributed by atoms with Crippen LogP contribution in [-0.4, -0.2) is 62.2 Å². The maximum absolute atomic E-state index is 12.9. The summed E-state index contributed by atoms with van der Waals surface area (Å²) in [5, 5.41) is 0. The van der Waals surface area contributed by atoms with Crippen LogP contribution in [0.5, 0.6) is 0 Å².